The summed E-state index contributed by atoms with van der Waals surface area (Å²) in [5.74, 6) is 3.02. The number of rotatable bonds is 13. The number of nitrogens with zero attached hydrogens (tertiary/aromatic N) is 3. The molecule has 0 unspecified atom stereocenters. The molecule has 1 aromatic heterocycles. The molecule has 40 heavy (non-hydrogen) atoms. The molecule has 0 amide bonds. The molecule has 4 aromatic rings. The smallest absolute Gasteiger partial charge is 0.288 e. The highest BCUT2D eigenvalue weighted by Crippen LogP contribution is 2.29. The molecule has 11 nitrogen and oxygen atoms in total. The van der Waals surface area contributed by atoms with E-state index < -0.39 is 5.91 Å². The molecule has 0 saturated heterocycles. The molecule has 0 radical (unpaired) electrons. The quantitative estimate of drug-likeness (QED) is 0.231. The van der Waals surface area contributed by atoms with Crippen molar-refractivity contribution in [3.63, 3.8) is 0 Å². The van der Waals surface area contributed by atoms with Crippen LogP contribution < -0.4 is 34.3 Å². The summed E-state index contributed by atoms with van der Waals surface area (Å²) in [7, 11) is 6.30. The Labute approximate surface area is 236 Å². The molecule has 1 heterocycles. The summed E-state index contributed by atoms with van der Waals surface area (Å²) >= 11 is 5.93. The number of halogens is 1. The van der Waals surface area contributed by atoms with Crippen LogP contribution in [0.2, 0.25) is 5.02 Å². The summed E-state index contributed by atoms with van der Waals surface area (Å²) in [6, 6.07) is 17.8. The third-order valence-electron chi connectivity index (χ3n) is 5.82. The minimum absolute atomic E-state index is 0.245. The lowest BCUT2D eigenvalue weighted by atomic mass is 10.2. The van der Waals surface area contributed by atoms with Gasteiger partial charge in [-0.1, -0.05) is 23.7 Å². The van der Waals surface area contributed by atoms with Gasteiger partial charge in [0.25, 0.3) is 5.91 Å². The van der Waals surface area contributed by atoms with Crippen molar-refractivity contribution < 1.29 is 28.5 Å². The number of methoxy groups -OCH3 is 4. The van der Waals surface area contributed by atoms with E-state index >= 15 is 0 Å². The zero-order chi connectivity index (χ0) is 28.5. The standard InChI is InChI=1S/C28H30ClN5O6/c1-36-22-11-5-18(13-24(22)38-3)15-30-27-32-28(31-16-19-6-12-23(37-2)25(14-19)39-4)34(33-27)26(35)17-40-21-9-7-20(29)8-10-21/h5-14H,15-17H2,1-4H3,(H2,30,31,32,33). The van der Waals surface area contributed by atoms with Gasteiger partial charge in [-0.2, -0.15) is 9.67 Å². The number of ether oxygens (including phenoxy) is 5. The van der Waals surface area contributed by atoms with Crippen molar-refractivity contribution in [3.8, 4) is 28.7 Å². The fourth-order valence-electron chi connectivity index (χ4n) is 3.76. The molecule has 0 bridgehead atoms. The van der Waals surface area contributed by atoms with E-state index in [2.05, 4.69) is 20.7 Å². The molecule has 0 saturated carbocycles. The Kier molecular flexibility index (Phi) is 9.53. The number of anilines is 2. The van der Waals surface area contributed by atoms with Gasteiger partial charge in [0.15, 0.2) is 29.6 Å². The first kappa shape index (κ1) is 28.4. The molecule has 12 heteroatoms. The highest BCUT2D eigenvalue weighted by Gasteiger charge is 2.18. The van der Waals surface area contributed by atoms with Gasteiger partial charge in [0.1, 0.15) is 5.75 Å². The lowest BCUT2D eigenvalue weighted by molar-refractivity contribution is 0.0824. The number of hydrogen-bond acceptors (Lipinski definition) is 10. The summed E-state index contributed by atoms with van der Waals surface area (Å²) < 4.78 is 28.2. The zero-order valence-corrected chi connectivity index (χ0v) is 23.3. The van der Waals surface area contributed by atoms with Crippen LogP contribution in [0.3, 0.4) is 0 Å². The lowest BCUT2D eigenvalue weighted by Crippen LogP contribution is -2.22. The second kappa shape index (κ2) is 13.4. The van der Waals surface area contributed by atoms with E-state index in [1.165, 1.54) is 4.68 Å². The number of carbonyl (C=O) groups is 1. The largest absolute Gasteiger partial charge is 0.493 e. The van der Waals surface area contributed by atoms with Gasteiger partial charge in [-0.05, 0) is 59.7 Å². The van der Waals surface area contributed by atoms with E-state index in [4.69, 9.17) is 35.3 Å². The van der Waals surface area contributed by atoms with Crippen molar-refractivity contribution in [1.29, 1.82) is 0 Å². The maximum atomic E-state index is 13.1. The first-order chi connectivity index (χ1) is 19.4. The van der Waals surface area contributed by atoms with Crippen molar-refractivity contribution >= 4 is 29.4 Å². The predicted octanol–water partition coefficient (Wildman–Crippen LogP) is 4.91. The second-order valence-corrected chi connectivity index (χ2v) is 8.83. The monoisotopic (exact) mass is 567 g/mol. The number of nitrogens with one attached hydrogen (secondary N) is 2. The molecule has 0 aliphatic rings. The van der Waals surface area contributed by atoms with Crippen molar-refractivity contribution in [1.82, 2.24) is 14.8 Å². The molecule has 4 rings (SSSR count). The maximum Gasteiger partial charge on any atom is 0.288 e. The Morgan fingerprint density at radius 1 is 0.775 bits per heavy atom. The average molecular weight is 568 g/mol. The van der Waals surface area contributed by atoms with Crippen LogP contribution in [0.5, 0.6) is 28.7 Å². The van der Waals surface area contributed by atoms with Crippen LogP contribution in [0.25, 0.3) is 0 Å². The van der Waals surface area contributed by atoms with E-state index in [9.17, 15) is 4.79 Å². The van der Waals surface area contributed by atoms with Crippen LogP contribution in [0.4, 0.5) is 11.9 Å². The van der Waals surface area contributed by atoms with E-state index in [0.29, 0.717) is 46.9 Å². The first-order valence-corrected chi connectivity index (χ1v) is 12.6. The van der Waals surface area contributed by atoms with Gasteiger partial charge in [0.05, 0.1) is 28.4 Å². The number of hydrogen-bond donors (Lipinski definition) is 2. The van der Waals surface area contributed by atoms with E-state index in [1.807, 2.05) is 36.4 Å². The van der Waals surface area contributed by atoms with E-state index in [1.54, 1.807) is 52.7 Å². The number of carbonyl (C=O) groups excluding carboxylic acids is 1. The Bertz CT molecular complexity index is 1440. The predicted molar refractivity (Wildman–Crippen MR) is 151 cm³/mol. The Hall–Kier alpha value is -4.64. The van der Waals surface area contributed by atoms with E-state index in [0.717, 1.165) is 11.1 Å². The fourth-order valence-corrected chi connectivity index (χ4v) is 3.88. The van der Waals surface area contributed by atoms with Crippen LogP contribution >= 0.6 is 11.6 Å². The minimum Gasteiger partial charge on any atom is -0.493 e. The Morgan fingerprint density at radius 2 is 1.32 bits per heavy atom. The average Bonchev–Trinajstić information content (AvgIpc) is 3.41. The molecule has 0 spiro atoms. The molecular formula is C28H30ClN5O6. The molecular weight excluding hydrogens is 538 g/mol. The Morgan fingerprint density at radius 3 is 1.88 bits per heavy atom. The van der Waals surface area contributed by atoms with Gasteiger partial charge >= 0.3 is 0 Å². The fraction of sp³-hybridized carbons (Fsp3) is 0.250. The van der Waals surface area contributed by atoms with Crippen LogP contribution in [-0.4, -0.2) is 55.7 Å². The topological polar surface area (TPSA) is 118 Å². The third kappa shape index (κ3) is 7.06. The van der Waals surface area contributed by atoms with Gasteiger partial charge in [-0.15, -0.1) is 5.10 Å². The van der Waals surface area contributed by atoms with Gasteiger partial charge < -0.3 is 34.3 Å². The summed E-state index contributed by atoms with van der Waals surface area (Å²) in [5, 5.41) is 11.3. The summed E-state index contributed by atoms with van der Waals surface area (Å²) in [4.78, 5) is 17.6. The van der Waals surface area contributed by atoms with Crippen molar-refractivity contribution in [3.05, 3.63) is 76.8 Å². The Balaban J connectivity index is 1.51. The number of aromatic nitrogens is 3. The lowest BCUT2D eigenvalue weighted by Gasteiger charge is -2.11. The van der Waals surface area contributed by atoms with Gasteiger partial charge in [0.2, 0.25) is 11.9 Å². The molecule has 2 N–H and O–H groups in total. The van der Waals surface area contributed by atoms with Crippen LogP contribution in [0.15, 0.2) is 60.7 Å². The number of benzene rings is 3. The van der Waals surface area contributed by atoms with Crippen molar-refractivity contribution in [2.24, 2.45) is 0 Å². The third-order valence-corrected chi connectivity index (χ3v) is 6.07. The van der Waals surface area contributed by atoms with Gasteiger partial charge in [0, 0.05) is 18.1 Å². The molecule has 0 atom stereocenters. The van der Waals surface area contributed by atoms with Crippen molar-refractivity contribution in [2.45, 2.75) is 13.1 Å². The van der Waals surface area contributed by atoms with Gasteiger partial charge in [-0.25, -0.2) is 0 Å². The van der Waals surface area contributed by atoms with Gasteiger partial charge in [-0.3, -0.25) is 4.79 Å². The zero-order valence-electron chi connectivity index (χ0n) is 22.6. The SMILES string of the molecule is COc1ccc(CNc2nc(NCc3ccc(OC)c(OC)c3)n(C(=O)COc3ccc(Cl)cc3)n2)cc1OC. The maximum absolute atomic E-state index is 13.1. The van der Waals surface area contributed by atoms with Crippen LogP contribution in [0.1, 0.15) is 15.9 Å². The minimum atomic E-state index is -0.420. The normalized spacial score (nSPS) is 10.5. The molecule has 0 fully saturated rings. The molecule has 3 aromatic carbocycles. The highest BCUT2D eigenvalue weighted by atomic mass is 35.5. The molecule has 0 aliphatic carbocycles. The first-order valence-electron chi connectivity index (χ1n) is 12.2. The highest BCUT2D eigenvalue weighted by molar-refractivity contribution is 6.30. The summed E-state index contributed by atoms with van der Waals surface area (Å²) in [6.07, 6.45) is 0. The van der Waals surface area contributed by atoms with Crippen molar-refractivity contribution in [2.75, 3.05) is 45.7 Å². The van der Waals surface area contributed by atoms with Crippen LogP contribution in [0, 0.1) is 0 Å². The molecule has 210 valence electrons. The summed E-state index contributed by atoms with van der Waals surface area (Å²) in [5.41, 5.74) is 1.79. The molecule has 0 aliphatic heterocycles. The van der Waals surface area contributed by atoms with E-state index in [-0.39, 0.29) is 18.5 Å². The summed E-state index contributed by atoms with van der Waals surface area (Å²) in [6.45, 7) is 0.472. The van der Waals surface area contributed by atoms with Crippen LogP contribution in [-0.2, 0) is 13.1 Å². The second-order valence-electron chi connectivity index (χ2n) is 8.39.